The lowest BCUT2D eigenvalue weighted by Crippen LogP contribution is -2.25. The number of hydrogen-bond acceptors (Lipinski definition) is 5. The Bertz CT molecular complexity index is 976. The Balaban J connectivity index is 1.67. The van der Waals surface area contributed by atoms with E-state index in [1.165, 1.54) is 34.8 Å². The van der Waals surface area contributed by atoms with Crippen LogP contribution in [-0.4, -0.2) is 19.9 Å². The molecule has 0 amide bonds. The van der Waals surface area contributed by atoms with Crippen LogP contribution in [0.15, 0.2) is 40.6 Å². The van der Waals surface area contributed by atoms with Gasteiger partial charge in [0.2, 0.25) is 10.0 Å². The number of thiazole rings is 1. The molecule has 3 rings (SSSR count). The first-order chi connectivity index (χ1) is 11.8. The molecule has 0 saturated heterocycles. The number of rotatable bonds is 6. The van der Waals surface area contributed by atoms with Crippen LogP contribution in [0.5, 0.6) is 0 Å². The molecule has 0 atom stereocenters. The Morgan fingerprint density at radius 1 is 1.08 bits per heavy atom. The average molecular weight is 397 g/mol. The molecule has 0 radical (unpaired) electrons. The van der Waals surface area contributed by atoms with Gasteiger partial charge in [-0.15, -0.1) is 22.7 Å². The molecule has 2 aromatic heterocycles. The third-order valence-electron chi connectivity index (χ3n) is 3.61. The van der Waals surface area contributed by atoms with Crippen LogP contribution in [-0.2, 0) is 16.4 Å². The van der Waals surface area contributed by atoms with Gasteiger partial charge in [0.05, 0.1) is 5.69 Å². The number of thiophene rings is 1. The number of aryl methyl sites for hydroxylation is 2. The van der Waals surface area contributed by atoms with E-state index in [0.717, 1.165) is 26.0 Å². The standard InChI is InChI=1S/C17H17FN2O2S3/c1-11-3-8-16(23-11)25(21,22)19-10-9-15-12(2)20-17(24-15)13-4-6-14(18)7-5-13/h3-8,19H,9-10H2,1-2H3. The third-order valence-corrected chi connectivity index (χ3v) is 7.83. The molecule has 1 N–H and O–H groups in total. The van der Waals surface area contributed by atoms with Crippen molar-refractivity contribution in [2.45, 2.75) is 24.5 Å². The van der Waals surface area contributed by atoms with Crippen molar-refractivity contribution in [2.75, 3.05) is 6.54 Å². The number of nitrogens with one attached hydrogen (secondary N) is 1. The first-order valence-corrected chi connectivity index (χ1v) is 10.7. The molecule has 0 unspecified atom stereocenters. The van der Waals surface area contributed by atoms with Crippen LogP contribution in [0, 0.1) is 19.7 Å². The first-order valence-electron chi connectivity index (χ1n) is 7.63. The van der Waals surface area contributed by atoms with Gasteiger partial charge >= 0.3 is 0 Å². The van der Waals surface area contributed by atoms with Gasteiger partial charge in [-0.3, -0.25) is 0 Å². The highest BCUT2D eigenvalue weighted by Crippen LogP contribution is 2.28. The van der Waals surface area contributed by atoms with Crippen molar-refractivity contribution in [3.63, 3.8) is 0 Å². The van der Waals surface area contributed by atoms with Crippen molar-refractivity contribution in [2.24, 2.45) is 0 Å². The smallest absolute Gasteiger partial charge is 0.241 e. The highest BCUT2D eigenvalue weighted by atomic mass is 32.2. The highest BCUT2D eigenvalue weighted by Gasteiger charge is 2.16. The second kappa shape index (κ2) is 7.33. The predicted molar refractivity (Wildman–Crippen MR) is 100 cm³/mol. The maximum atomic E-state index is 13.0. The lowest BCUT2D eigenvalue weighted by Gasteiger charge is -2.03. The van der Waals surface area contributed by atoms with Crippen LogP contribution in [0.2, 0.25) is 0 Å². The summed E-state index contributed by atoms with van der Waals surface area (Å²) in [6.07, 6.45) is 0.564. The summed E-state index contributed by atoms with van der Waals surface area (Å²) in [5, 5.41) is 0.809. The molecular weight excluding hydrogens is 379 g/mol. The molecular formula is C17H17FN2O2S3. The van der Waals surface area contributed by atoms with E-state index in [-0.39, 0.29) is 5.82 Å². The number of benzene rings is 1. The van der Waals surface area contributed by atoms with Gasteiger partial charge in [0, 0.05) is 21.9 Å². The Hall–Kier alpha value is -1.61. The zero-order valence-corrected chi connectivity index (χ0v) is 16.2. The monoisotopic (exact) mass is 396 g/mol. The van der Waals surface area contributed by atoms with Crippen molar-refractivity contribution in [3.8, 4) is 10.6 Å². The molecule has 2 heterocycles. The van der Waals surface area contributed by atoms with E-state index < -0.39 is 10.0 Å². The maximum absolute atomic E-state index is 13.0. The molecule has 0 bridgehead atoms. The summed E-state index contributed by atoms with van der Waals surface area (Å²) < 4.78 is 40.5. The number of nitrogens with zero attached hydrogens (tertiary/aromatic N) is 1. The van der Waals surface area contributed by atoms with Crippen LogP contribution < -0.4 is 4.72 Å². The van der Waals surface area contributed by atoms with Crippen LogP contribution in [0.1, 0.15) is 15.4 Å². The zero-order valence-electron chi connectivity index (χ0n) is 13.7. The lowest BCUT2D eigenvalue weighted by molar-refractivity contribution is 0.584. The van der Waals surface area contributed by atoms with Crippen LogP contribution in [0.25, 0.3) is 10.6 Å². The Morgan fingerprint density at radius 3 is 2.44 bits per heavy atom. The van der Waals surface area contributed by atoms with E-state index in [1.807, 2.05) is 13.8 Å². The summed E-state index contributed by atoms with van der Waals surface area (Å²) in [5.41, 5.74) is 1.73. The quantitative estimate of drug-likeness (QED) is 0.681. The summed E-state index contributed by atoms with van der Waals surface area (Å²) in [6, 6.07) is 9.61. The van der Waals surface area contributed by atoms with Gasteiger partial charge in [0.25, 0.3) is 0 Å². The second-order valence-electron chi connectivity index (χ2n) is 5.55. The van der Waals surface area contributed by atoms with Crippen LogP contribution in [0.3, 0.4) is 0 Å². The molecule has 0 aliphatic carbocycles. The predicted octanol–water partition coefficient (Wildman–Crippen LogP) is 4.15. The largest absolute Gasteiger partial charge is 0.250 e. The number of aromatic nitrogens is 1. The Kier molecular flexibility index (Phi) is 5.33. The number of halogens is 1. The van der Waals surface area contributed by atoms with E-state index in [2.05, 4.69) is 9.71 Å². The summed E-state index contributed by atoms with van der Waals surface area (Å²) in [7, 11) is -3.46. The van der Waals surface area contributed by atoms with E-state index in [1.54, 1.807) is 24.3 Å². The summed E-state index contributed by atoms with van der Waals surface area (Å²) in [4.78, 5) is 6.49. The first kappa shape index (κ1) is 18.2. The number of hydrogen-bond donors (Lipinski definition) is 1. The summed E-state index contributed by atoms with van der Waals surface area (Å²) in [6.45, 7) is 4.09. The Labute approximate surface area is 154 Å². The lowest BCUT2D eigenvalue weighted by atomic mass is 10.2. The molecule has 0 spiro atoms. The van der Waals surface area contributed by atoms with Crippen LogP contribution >= 0.6 is 22.7 Å². The molecule has 4 nitrogen and oxygen atoms in total. The molecule has 25 heavy (non-hydrogen) atoms. The van der Waals surface area contributed by atoms with E-state index in [4.69, 9.17) is 0 Å². The molecule has 1 aromatic carbocycles. The highest BCUT2D eigenvalue weighted by molar-refractivity contribution is 7.91. The molecule has 8 heteroatoms. The minimum atomic E-state index is -3.46. The van der Waals surface area contributed by atoms with Gasteiger partial charge in [-0.05, 0) is 56.7 Å². The normalized spacial score (nSPS) is 11.8. The Morgan fingerprint density at radius 2 is 1.80 bits per heavy atom. The van der Waals surface area contributed by atoms with Crippen molar-refractivity contribution in [1.82, 2.24) is 9.71 Å². The average Bonchev–Trinajstić information content (AvgIpc) is 3.15. The van der Waals surface area contributed by atoms with Crippen molar-refractivity contribution in [3.05, 3.63) is 57.7 Å². The summed E-state index contributed by atoms with van der Waals surface area (Å²) >= 11 is 2.76. The fourth-order valence-corrected chi connectivity index (χ4v) is 5.73. The zero-order chi connectivity index (χ0) is 18.0. The molecule has 3 aromatic rings. The van der Waals surface area contributed by atoms with Gasteiger partial charge < -0.3 is 0 Å². The van der Waals surface area contributed by atoms with Crippen molar-refractivity contribution < 1.29 is 12.8 Å². The molecule has 0 saturated carbocycles. The van der Waals surface area contributed by atoms with E-state index >= 15 is 0 Å². The van der Waals surface area contributed by atoms with E-state index in [0.29, 0.717) is 17.2 Å². The minimum Gasteiger partial charge on any atom is -0.241 e. The van der Waals surface area contributed by atoms with E-state index in [9.17, 15) is 12.8 Å². The summed E-state index contributed by atoms with van der Waals surface area (Å²) in [5.74, 6) is -0.282. The SMILES string of the molecule is Cc1ccc(S(=O)(=O)NCCc2sc(-c3ccc(F)cc3)nc2C)s1. The van der Waals surface area contributed by atoms with Gasteiger partial charge in [-0.2, -0.15) is 0 Å². The van der Waals surface area contributed by atoms with Gasteiger partial charge in [-0.1, -0.05) is 0 Å². The molecule has 0 fully saturated rings. The van der Waals surface area contributed by atoms with Crippen molar-refractivity contribution >= 4 is 32.7 Å². The van der Waals surface area contributed by atoms with Gasteiger partial charge in [0.15, 0.2) is 0 Å². The fourth-order valence-electron chi connectivity index (χ4n) is 2.30. The third kappa shape index (κ3) is 4.33. The van der Waals surface area contributed by atoms with Gasteiger partial charge in [-0.25, -0.2) is 22.5 Å². The fraction of sp³-hybridized carbons (Fsp3) is 0.235. The second-order valence-corrected chi connectivity index (χ2v) is 9.91. The maximum Gasteiger partial charge on any atom is 0.250 e. The number of sulfonamides is 1. The topological polar surface area (TPSA) is 59.1 Å². The molecule has 132 valence electrons. The van der Waals surface area contributed by atoms with Crippen LogP contribution in [0.4, 0.5) is 4.39 Å². The molecule has 0 aliphatic heterocycles. The van der Waals surface area contributed by atoms with Crippen molar-refractivity contribution in [1.29, 1.82) is 0 Å². The minimum absolute atomic E-state index is 0.282. The van der Waals surface area contributed by atoms with Gasteiger partial charge in [0.1, 0.15) is 15.0 Å². The molecule has 0 aliphatic rings.